The zero-order chi connectivity index (χ0) is 23.3. The second-order valence-corrected chi connectivity index (χ2v) is 8.24. The van der Waals surface area contributed by atoms with Crippen molar-refractivity contribution in [2.24, 2.45) is 4.99 Å². The summed E-state index contributed by atoms with van der Waals surface area (Å²) in [5, 5.41) is 15.1. The zero-order valence-electron chi connectivity index (χ0n) is 18.7. The lowest BCUT2D eigenvalue weighted by Crippen LogP contribution is -2.12. The first-order valence-electron chi connectivity index (χ1n) is 11.3. The molecule has 0 spiro atoms. The van der Waals surface area contributed by atoms with Gasteiger partial charge in [-0.15, -0.1) is 0 Å². The largest absolute Gasteiger partial charge is 0.494 e. The number of aliphatic imine (C=N–C) groups is 1. The van der Waals surface area contributed by atoms with E-state index in [2.05, 4.69) is 34.6 Å². The molecule has 0 radical (unpaired) electrons. The molecule has 5 aromatic rings. The molecule has 5 heteroatoms. The van der Waals surface area contributed by atoms with E-state index in [4.69, 9.17) is 10.7 Å². The van der Waals surface area contributed by atoms with Crippen LogP contribution < -0.4 is 11.1 Å². The molecular weight excluding hydrogens is 420 g/mol. The minimum atomic E-state index is 0.0740. The molecule has 0 saturated carbocycles. The van der Waals surface area contributed by atoms with Gasteiger partial charge in [0.1, 0.15) is 0 Å². The van der Waals surface area contributed by atoms with E-state index in [-0.39, 0.29) is 5.88 Å². The summed E-state index contributed by atoms with van der Waals surface area (Å²) in [6, 6.07) is 33.9. The summed E-state index contributed by atoms with van der Waals surface area (Å²) in [5.74, 6) is 0.0740. The number of anilines is 1. The van der Waals surface area contributed by atoms with Gasteiger partial charge in [-0.1, -0.05) is 72.8 Å². The number of fused-ring (bicyclic) bond motifs is 1. The highest BCUT2D eigenvalue weighted by atomic mass is 16.3. The molecule has 168 valence electrons. The molecule has 0 unspecified atom stereocenters. The molecule has 0 bridgehead atoms. The van der Waals surface area contributed by atoms with Crippen LogP contribution in [0.3, 0.4) is 0 Å². The summed E-state index contributed by atoms with van der Waals surface area (Å²) in [7, 11) is 0. The number of hydrogen-bond donors (Lipinski definition) is 4. The van der Waals surface area contributed by atoms with Crippen molar-refractivity contribution in [3.8, 4) is 5.88 Å². The standard InChI is InChI=1S/C29H26N4O/c30-23-13-16-26-25(17-23)27(29(34)33-26)28(22-9-5-2-6-10-22)32-24-14-11-21(12-15-24)19-31-18-20-7-3-1-4-8-20/h1-17,31,33-34H,18-19,30H2. The topological polar surface area (TPSA) is 86.4 Å². The van der Waals surface area contributed by atoms with E-state index in [1.54, 1.807) is 0 Å². The normalized spacial score (nSPS) is 11.7. The van der Waals surface area contributed by atoms with Crippen LogP contribution in [0, 0.1) is 0 Å². The molecule has 0 aliphatic heterocycles. The molecule has 0 atom stereocenters. The van der Waals surface area contributed by atoms with E-state index in [9.17, 15) is 5.11 Å². The number of rotatable bonds is 7. The maximum Gasteiger partial charge on any atom is 0.199 e. The van der Waals surface area contributed by atoms with E-state index in [0.29, 0.717) is 17.0 Å². The average molecular weight is 447 g/mol. The van der Waals surface area contributed by atoms with Crippen LogP contribution in [0.2, 0.25) is 0 Å². The maximum atomic E-state index is 10.8. The number of benzene rings is 4. The van der Waals surface area contributed by atoms with Crippen molar-refractivity contribution in [1.29, 1.82) is 0 Å². The fourth-order valence-corrected chi connectivity index (χ4v) is 4.06. The summed E-state index contributed by atoms with van der Waals surface area (Å²) in [5.41, 5.74) is 13.0. The van der Waals surface area contributed by atoms with Gasteiger partial charge in [0.25, 0.3) is 0 Å². The molecule has 5 rings (SSSR count). The van der Waals surface area contributed by atoms with Crippen LogP contribution in [0.5, 0.6) is 5.88 Å². The van der Waals surface area contributed by atoms with Gasteiger partial charge >= 0.3 is 0 Å². The second kappa shape index (κ2) is 9.65. The Morgan fingerprint density at radius 2 is 1.44 bits per heavy atom. The molecule has 4 aromatic carbocycles. The monoisotopic (exact) mass is 446 g/mol. The Balaban J connectivity index is 1.45. The van der Waals surface area contributed by atoms with Gasteiger partial charge in [0.05, 0.1) is 17.0 Å². The quantitative estimate of drug-likeness (QED) is 0.185. The predicted octanol–water partition coefficient (Wildman–Crippen LogP) is 5.91. The van der Waals surface area contributed by atoms with Crippen LogP contribution in [0.25, 0.3) is 10.9 Å². The summed E-state index contributed by atoms with van der Waals surface area (Å²) < 4.78 is 0. The third-order valence-electron chi connectivity index (χ3n) is 5.77. The van der Waals surface area contributed by atoms with Gasteiger partial charge in [-0.25, -0.2) is 4.99 Å². The van der Waals surface area contributed by atoms with Crippen molar-refractivity contribution in [1.82, 2.24) is 10.3 Å². The van der Waals surface area contributed by atoms with E-state index in [1.165, 1.54) is 11.1 Å². The number of aromatic nitrogens is 1. The molecule has 0 amide bonds. The lowest BCUT2D eigenvalue weighted by atomic mass is 10.0. The lowest BCUT2D eigenvalue weighted by molar-refractivity contribution is 0.457. The highest BCUT2D eigenvalue weighted by Gasteiger charge is 2.18. The van der Waals surface area contributed by atoms with Gasteiger partial charge in [0, 0.05) is 35.2 Å². The van der Waals surface area contributed by atoms with Gasteiger partial charge in [-0.05, 0) is 41.5 Å². The SMILES string of the molecule is Nc1ccc2[nH]c(O)c(C(=Nc3ccc(CNCc4ccccc4)cc3)c3ccccc3)c2c1. The average Bonchev–Trinajstić information content (AvgIpc) is 3.19. The van der Waals surface area contributed by atoms with Crippen LogP contribution in [0.4, 0.5) is 11.4 Å². The fraction of sp³-hybridized carbons (Fsp3) is 0.0690. The number of hydrogen-bond acceptors (Lipinski definition) is 4. The number of nitrogen functional groups attached to an aromatic ring is 1. The maximum absolute atomic E-state index is 10.8. The lowest BCUT2D eigenvalue weighted by Gasteiger charge is -2.09. The third kappa shape index (κ3) is 4.70. The Morgan fingerprint density at radius 1 is 0.794 bits per heavy atom. The van der Waals surface area contributed by atoms with Gasteiger partial charge in [0.2, 0.25) is 0 Å². The summed E-state index contributed by atoms with van der Waals surface area (Å²) >= 11 is 0. The van der Waals surface area contributed by atoms with Crippen molar-refractivity contribution >= 4 is 28.0 Å². The number of nitrogens with two attached hydrogens (primary N) is 1. The number of nitrogens with zero attached hydrogens (tertiary/aromatic N) is 1. The Kier molecular flexibility index (Phi) is 6.10. The fourth-order valence-electron chi connectivity index (χ4n) is 4.06. The number of H-pyrrole nitrogens is 1. The minimum absolute atomic E-state index is 0.0740. The van der Waals surface area contributed by atoms with Crippen molar-refractivity contribution in [3.63, 3.8) is 0 Å². The minimum Gasteiger partial charge on any atom is -0.494 e. The Morgan fingerprint density at radius 3 is 2.15 bits per heavy atom. The van der Waals surface area contributed by atoms with Crippen molar-refractivity contribution in [2.75, 3.05) is 5.73 Å². The van der Waals surface area contributed by atoms with E-state index >= 15 is 0 Å². The van der Waals surface area contributed by atoms with Gasteiger partial charge in [-0.3, -0.25) is 0 Å². The molecule has 5 nitrogen and oxygen atoms in total. The summed E-state index contributed by atoms with van der Waals surface area (Å²) in [4.78, 5) is 8.00. The third-order valence-corrected chi connectivity index (χ3v) is 5.77. The van der Waals surface area contributed by atoms with E-state index < -0.39 is 0 Å². The highest BCUT2D eigenvalue weighted by Crippen LogP contribution is 2.32. The Labute approximate surface area is 198 Å². The molecule has 5 N–H and O–H groups in total. The predicted molar refractivity (Wildman–Crippen MR) is 140 cm³/mol. The highest BCUT2D eigenvalue weighted by molar-refractivity contribution is 6.22. The van der Waals surface area contributed by atoms with Crippen molar-refractivity contribution in [3.05, 3.63) is 125 Å². The zero-order valence-corrected chi connectivity index (χ0v) is 18.7. The van der Waals surface area contributed by atoms with Crippen LogP contribution in [0.1, 0.15) is 22.3 Å². The van der Waals surface area contributed by atoms with E-state index in [1.807, 2.05) is 78.9 Å². The summed E-state index contributed by atoms with van der Waals surface area (Å²) in [6.07, 6.45) is 0. The van der Waals surface area contributed by atoms with Gasteiger partial charge in [0.15, 0.2) is 5.88 Å². The molecule has 0 aliphatic carbocycles. The molecule has 34 heavy (non-hydrogen) atoms. The van der Waals surface area contributed by atoms with Crippen LogP contribution in [0.15, 0.2) is 108 Å². The van der Waals surface area contributed by atoms with Gasteiger partial charge in [-0.2, -0.15) is 0 Å². The van der Waals surface area contributed by atoms with Crippen molar-refractivity contribution in [2.45, 2.75) is 13.1 Å². The molecule has 1 heterocycles. The van der Waals surface area contributed by atoms with Crippen molar-refractivity contribution < 1.29 is 5.11 Å². The summed E-state index contributed by atoms with van der Waals surface area (Å²) in [6.45, 7) is 1.59. The van der Waals surface area contributed by atoms with Crippen LogP contribution >= 0.6 is 0 Å². The number of aromatic amines is 1. The smallest absolute Gasteiger partial charge is 0.199 e. The first-order valence-corrected chi connectivity index (χ1v) is 11.3. The van der Waals surface area contributed by atoms with Crippen LogP contribution in [-0.2, 0) is 13.1 Å². The Bertz CT molecular complexity index is 1420. The number of aromatic hydroxyl groups is 1. The second-order valence-electron chi connectivity index (χ2n) is 8.24. The van der Waals surface area contributed by atoms with Crippen LogP contribution in [-0.4, -0.2) is 15.8 Å². The molecule has 0 aliphatic rings. The molecule has 0 fully saturated rings. The molecule has 1 aromatic heterocycles. The van der Waals surface area contributed by atoms with Gasteiger partial charge < -0.3 is 21.1 Å². The first kappa shape index (κ1) is 21.5. The Hall–Kier alpha value is -4.35. The first-order chi connectivity index (χ1) is 16.7. The molecular formula is C29H26N4O. The molecule has 0 saturated heterocycles. The van der Waals surface area contributed by atoms with E-state index in [0.717, 1.165) is 35.2 Å². The number of nitrogens with one attached hydrogen (secondary N) is 2.